The first-order valence-electron chi connectivity index (χ1n) is 16.8. The van der Waals surface area contributed by atoms with Gasteiger partial charge in [-0.15, -0.1) is 5.73 Å². The summed E-state index contributed by atoms with van der Waals surface area (Å²) in [4.78, 5) is 4.72. The molecular formula is C47H36N2. The molecule has 49 heavy (non-hydrogen) atoms. The normalized spacial score (nSPS) is 11.9. The molecule has 0 radical (unpaired) electrons. The first kappa shape index (κ1) is 30.0. The number of para-hydroxylation sites is 2. The summed E-state index contributed by atoms with van der Waals surface area (Å²) in [6.07, 6.45) is 6.26. The molecular weight excluding hydrogens is 593 g/mol. The predicted octanol–water partition coefficient (Wildman–Crippen LogP) is 11.0. The number of allylic oxidation sites excluding steroid dienone is 2. The fraction of sp³-hybridized carbons (Fsp3) is 0.0426. The van der Waals surface area contributed by atoms with Gasteiger partial charge in [0.15, 0.2) is 0 Å². The van der Waals surface area contributed by atoms with E-state index >= 15 is 0 Å². The van der Waals surface area contributed by atoms with Gasteiger partial charge in [0, 0.05) is 38.6 Å². The van der Waals surface area contributed by atoms with E-state index in [1.807, 2.05) is 6.08 Å². The minimum atomic E-state index is 1.08. The Bertz CT molecular complexity index is 2500. The highest BCUT2D eigenvalue weighted by molar-refractivity contribution is 5.99. The molecule has 0 aromatic heterocycles. The van der Waals surface area contributed by atoms with Gasteiger partial charge in [0.05, 0.1) is 11.4 Å². The van der Waals surface area contributed by atoms with Crippen LogP contribution < -0.4 is 20.2 Å². The minimum absolute atomic E-state index is 1.08. The Labute approximate surface area is 288 Å². The second-order valence-electron chi connectivity index (χ2n) is 12.4. The fourth-order valence-corrected chi connectivity index (χ4v) is 6.98. The Hall–Kier alpha value is -6.34. The third-order valence-corrected chi connectivity index (χ3v) is 9.30. The van der Waals surface area contributed by atoms with Gasteiger partial charge in [-0.25, -0.2) is 0 Å². The van der Waals surface area contributed by atoms with Crippen molar-refractivity contribution in [1.82, 2.24) is 0 Å². The molecule has 2 nitrogen and oxygen atoms in total. The van der Waals surface area contributed by atoms with Crippen LogP contribution in [0.25, 0.3) is 33.3 Å². The Morgan fingerprint density at radius 2 is 1.04 bits per heavy atom. The molecule has 0 N–H and O–H groups in total. The molecule has 0 spiro atoms. The molecule has 7 aromatic carbocycles. The minimum Gasteiger partial charge on any atom is -0.310 e. The van der Waals surface area contributed by atoms with Gasteiger partial charge in [-0.05, 0) is 114 Å². The Kier molecular flexibility index (Phi) is 7.99. The molecule has 0 heterocycles. The van der Waals surface area contributed by atoms with Gasteiger partial charge in [0.2, 0.25) is 0 Å². The Balaban J connectivity index is 1.22. The van der Waals surface area contributed by atoms with E-state index in [0.717, 1.165) is 44.6 Å². The van der Waals surface area contributed by atoms with Crippen LogP contribution in [0.1, 0.15) is 11.1 Å². The molecule has 0 amide bonds. The summed E-state index contributed by atoms with van der Waals surface area (Å²) in [5.74, 6) is 0. The molecule has 0 atom stereocenters. The van der Waals surface area contributed by atoms with E-state index in [1.54, 1.807) is 0 Å². The van der Waals surface area contributed by atoms with Crippen LogP contribution in [0.5, 0.6) is 0 Å². The van der Waals surface area contributed by atoms with E-state index in [4.69, 9.17) is 0 Å². The summed E-state index contributed by atoms with van der Waals surface area (Å²) in [7, 11) is 0. The van der Waals surface area contributed by atoms with Crippen LogP contribution in [0.15, 0.2) is 182 Å². The summed E-state index contributed by atoms with van der Waals surface area (Å²) >= 11 is 0. The van der Waals surface area contributed by atoms with Gasteiger partial charge in [-0.3, -0.25) is 0 Å². The standard InChI is InChI=1S/C47H36N2/c1-34-32-40(48(38-20-5-3-6-21-38)46-26-14-11-18-36-16-9-12-24-44(36)46)28-30-42(34)43-31-29-41(33-35(43)2)49(39-22-7-4-8-23-39)47-27-15-19-37-17-10-13-25-45(37)47/h3-17,19-33H,1-2H3. The number of aryl methyl sites for hydroxylation is 2. The number of anilines is 5. The quantitative estimate of drug-likeness (QED) is 0.173. The van der Waals surface area contributed by atoms with E-state index in [-0.39, 0.29) is 0 Å². The van der Waals surface area contributed by atoms with E-state index in [9.17, 15) is 0 Å². The topological polar surface area (TPSA) is 6.48 Å². The summed E-state index contributed by atoms with van der Waals surface area (Å²) < 4.78 is 0. The number of fused-ring (bicyclic) bond motifs is 2. The maximum Gasteiger partial charge on any atom is 0.0546 e. The van der Waals surface area contributed by atoms with Gasteiger partial charge in [-0.2, -0.15) is 0 Å². The van der Waals surface area contributed by atoms with E-state index in [0.29, 0.717) is 0 Å². The molecule has 7 aromatic rings. The fourth-order valence-electron chi connectivity index (χ4n) is 6.98. The van der Waals surface area contributed by atoms with Crippen molar-refractivity contribution < 1.29 is 0 Å². The zero-order valence-electron chi connectivity index (χ0n) is 27.7. The lowest BCUT2D eigenvalue weighted by molar-refractivity contribution is 1.27. The van der Waals surface area contributed by atoms with Crippen molar-refractivity contribution in [1.29, 1.82) is 0 Å². The van der Waals surface area contributed by atoms with E-state index in [2.05, 4.69) is 205 Å². The number of rotatable bonds is 7. The average molecular weight is 629 g/mol. The molecule has 0 fully saturated rings. The summed E-state index contributed by atoms with van der Waals surface area (Å²) in [6, 6.07) is 58.6. The highest BCUT2D eigenvalue weighted by Crippen LogP contribution is 2.41. The third kappa shape index (κ3) is 5.76. The first-order valence-corrected chi connectivity index (χ1v) is 16.8. The molecule has 1 aliphatic carbocycles. The second kappa shape index (κ2) is 13.0. The monoisotopic (exact) mass is 628 g/mol. The zero-order valence-corrected chi connectivity index (χ0v) is 27.7. The van der Waals surface area contributed by atoms with Crippen molar-refractivity contribution in [3.63, 3.8) is 0 Å². The van der Waals surface area contributed by atoms with Crippen LogP contribution in [0, 0.1) is 13.8 Å². The van der Waals surface area contributed by atoms with Gasteiger partial charge in [0.25, 0.3) is 0 Å². The third-order valence-electron chi connectivity index (χ3n) is 9.30. The molecule has 234 valence electrons. The molecule has 1 aliphatic rings. The van der Waals surface area contributed by atoms with Crippen LogP contribution in [-0.2, 0) is 0 Å². The zero-order chi connectivity index (χ0) is 33.2. The van der Waals surface area contributed by atoms with E-state index in [1.165, 1.54) is 33.0 Å². The van der Waals surface area contributed by atoms with Crippen LogP contribution in [0.2, 0.25) is 0 Å². The molecule has 0 unspecified atom stereocenters. The number of benzene rings is 7. The van der Waals surface area contributed by atoms with Gasteiger partial charge >= 0.3 is 0 Å². The molecule has 0 saturated carbocycles. The maximum absolute atomic E-state index is 3.44. The van der Waals surface area contributed by atoms with Crippen LogP contribution in [0.4, 0.5) is 28.4 Å². The maximum atomic E-state index is 3.44. The van der Waals surface area contributed by atoms with Crippen molar-refractivity contribution in [3.8, 4) is 11.1 Å². The van der Waals surface area contributed by atoms with Crippen LogP contribution >= 0.6 is 0 Å². The summed E-state index contributed by atoms with van der Waals surface area (Å²) in [6.45, 7) is 4.44. The summed E-state index contributed by atoms with van der Waals surface area (Å²) in [5.41, 5.74) is 15.1. The molecule has 8 rings (SSSR count). The lowest BCUT2D eigenvalue weighted by Gasteiger charge is -2.28. The SMILES string of the molecule is Cc1cc(N(C2=c3ccccc3=C=CC=C2)c2ccccc2)ccc1-c1ccc(N(c2ccccc2)c2cccc3ccccc23)cc1C. The Morgan fingerprint density at radius 1 is 0.469 bits per heavy atom. The molecule has 0 saturated heterocycles. The molecule has 2 heteroatoms. The second-order valence-corrected chi connectivity index (χ2v) is 12.4. The molecule has 0 bridgehead atoms. The average Bonchev–Trinajstić information content (AvgIpc) is 3.36. The van der Waals surface area contributed by atoms with Gasteiger partial charge < -0.3 is 9.80 Å². The Morgan fingerprint density at radius 3 is 1.73 bits per heavy atom. The van der Waals surface area contributed by atoms with Crippen LogP contribution in [-0.4, -0.2) is 0 Å². The summed E-state index contributed by atoms with van der Waals surface area (Å²) in [5, 5.41) is 4.69. The number of nitrogens with zero attached hydrogens (tertiary/aromatic N) is 2. The molecule has 0 aliphatic heterocycles. The first-order chi connectivity index (χ1) is 24.2. The highest BCUT2D eigenvalue weighted by atomic mass is 15.2. The van der Waals surface area contributed by atoms with Crippen molar-refractivity contribution in [2.24, 2.45) is 0 Å². The van der Waals surface area contributed by atoms with Gasteiger partial charge in [-0.1, -0.05) is 109 Å². The largest absolute Gasteiger partial charge is 0.310 e. The predicted molar refractivity (Wildman–Crippen MR) is 208 cm³/mol. The smallest absolute Gasteiger partial charge is 0.0546 e. The van der Waals surface area contributed by atoms with Gasteiger partial charge in [0.1, 0.15) is 0 Å². The number of hydrogen-bond acceptors (Lipinski definition) is 2. The highest BCUT2D eigenvalue weighted by Gasteiger charge is 2.19. The van der Waals surface area contributed by atoms with Crippen molar-refractivity contribution in [2.75, 3.05) is 9.80 Å². The van der Waals surface area contributed by atoms with E-state index < -0.39 is 0 Å². The van der Waals surface area contributed by atoms with Crippen molar-refractivity contribution in [3.05, 3.63) is 204 Å². The lowest BCUT2D eigenvalue weighted by Crippen LogP contribution is -2.31. The van der Waals surface area contributed by atoms with Crippen LogP contribution in [0.3, 0.4) is 0 Å². The van der Waals surface area contributed by atoms with Crippen molar-refractivity contribution >= 4 is 50.6 Å². The van der Waals surface area contributed by atoms with Crippen molar-refractivity contribution in [2.45, 2.75) is 13.8 Å². The number of hydrogen-bond donors (Lipinski definition) is 0. The lowest BCUT2D eigenvalue weighted by atomic mass is 9.95.